The number of anilines is 1. The van der Waals surface area contributed by atoms with Gasteiger partial charge in [0.25, 0.3) is 5.91 Å². The summed E-state index contributed by atoms with van der Waals surface area (Å²) >= 11 is 0. The number of carbonyl (C=O) groups is 2. The summed E-state index contributed by atoms with van der Waals surface area (Å²) in [6.45, 7) is -1.39. The van der Waals surface area contributed by atoms with Crippen LogP contribution in [0.4, 0.5) is 14.5 Å². The van der Waals surface area contributed by atoms with Crippen LogP contribution in [0, 0.1) is 0 Å². The number of amides is 1. The molecule has 0 bridgehead atoms. The van der Waals surface area contributed by atoms with Crippen molar-refractivity contribution in [1.82, 2.24) is 0 Å². The minimum absolute atomic E-state index is 0.0362. The van der Waals surface area contributed by atoms with E-state index in [-0.39, 0.29) is 12.4 Å². The van der Waals surface area contributed by atoms with Crippen molar-refractivity contribution in [2.45, 2.75) is 13.5 Å². The van der Waals surface area contributed by atoms with Gasteiger partial charge in [0.2, 0.25) is 0 Å². The first-order chi connectivity index (χ1) is 13.5. The molecule has 2 rings (SSSR count). The lowest BCUT2D eigenvalue weighted by Crippen LogP contribution is -2.23. The number of hydrogen-bond acceptors (Lipinski definition) is 6. The molecule has 2 aromatic carbocycles. The highest BCUT2D eigenvalue weighted by Crippen LogP contribution is 2.18. The molecule has 0 heterocycles. The molecule has 0 aliphatic heterocycles. The molecule has 0 spiro atoms. The molecule has 1 N–H and O–H groups in total. The van der Waals surface area contributed by atoms with E-state index in [1.165, 1.54) is 24.3 Å². The largest absolute Gasteiger partial charge is 0.494 e. The molecule has 0 fully saturated rings. The maximum Gasteiger partial charge on any atom is 0.387 e. The van der Waals surface area contributed by atoms with Gasteiger partial charge in [-0.25, -0.2) is 4.79 Å². The second-order valence-electron chi connectivity index (χ2n) is 5.30. The molecule has 0 aliphatic carbocycles. The Bertz CT molecular complexity index is 765. The standard InChI is InChI=1S/C19H19F2NO6/c1-2-25-14-7-9-15(10-8-14)26-12-18(24)27-11-17(23)22-13-3-5-16(6-4-13)28-19(20)21/h3-10,19H,2,11-12H2,1H3,(H,22,23). The monoisotopic (exact) mass is 395 g/mol. The van der Waals surface area contributed by atoms with Gasteiger partial charge in [0.15, 0.2) is 13.2 Å². The quantitative estimate of drug-likeness (QED) is 0.622. The molecule has 2 aromatic rings. The van der Waals surface area contributed by atoms with E-state index in [1.54, 1.807) is 24.3 Å². The van der Waals surface area contributed by atoms with E-state index in [9.17, 15) is 18.4 Å². The van der Waals surface area contributed by atoms with Crippen LogP contribution >= 0.6 is 0 Å². The van der Waals surface area contributed by atoms with Crippen molar-refractivity contribution in [3.8, 4) is 17.2 Å². The Kier molecular flexibility index (Phi) is 8.01. The first-order valence-electron chi connectivity index (χ1n) is 8.32. The van der Waals surface area contributed by atoms with Crippen LogP contribution in [0.5, 0.6) is 17.2 Å². The van der Waals surface area contributed by atoms with Crippen LogP contribution in [0.3, 0.4) is 0 Å². The minimum atomic E-state index is -2.93. The van der Waals surface area contributed by atoms with Crippen molar-refractivity contribution >= 4 is 17.6 Å². The third-order valence-corrected chi connectivity index (χ3v) is 3.22. The topological polar surface area (TPSA) is 83.1 Å². The Balaban J connectivity index is 1.69. The predicted octanol–water partition coefficient (Wildman–Crippen LogP) is 3.25. The van der Waals surface area contributed by atoms with Crippen LogP contribution in [-0.4, -0.2) is 38.3 Å². The Labute approximate surface area is 160 Å². The van der Waals surface area contributed by atoms with E-state index in [2.05, 4.69) is 10.1 Å². The summed E-state index contributed by atoms with van der Waals surface area (Å²) in [6, 6.07) is 12.0. The molecule has 1 amide bonds. The van der Waals surface area contributed by atoms with E-state index < -0.39 is 25.1 Å². The summed E-state index contributed by atoms with van der Waals surface area (Å²) in [7, 11) is 0. The molecule has 7 nitrogen and oxygen atoms in total. The Morgan fingerprint density at radius 3 is 2.04 bits per heavy atom. The number of nitrogens with one attached hydrogen (secondary N) is 1. The first-order valence-corrected chi connectivity index (χ1v) is 8.32. The molecule has 9 heteroatoms. The van der Waals surface area contributed by atoms with E-state index >= 15 is 0 Å². The summed E-state index contributed by atoms with van der Waals surface area (Å²) in [6.07, 6.45) is 0. The number of halogens is 2. The predicted molar refractivity (Wildman–Crippen MR) is 95.8 cm³/mol. The fourth-order valence-corrected chi connectivity index (χ4v) is 2.05. The molecular weight excluding hydrogens is 376 g/mol. The maximum atomic E-state index is 12.1. The average molecular weight is 395 g/mol. The van der Waals surface area contributed by atoms with Gasteiger partial charge in [0.05, 0.1) is 6.61 Å². The summed E-state index contributed by atoms with van der Waals surface area (Å²) in [5.41, 5.74) is 0.341. The van der Waals surface area contributed by atoms with Gasteiger partial charge in [-0.1, -0.05) is 0 Å². The van der Waals surface area contributed by atoms with E-state index in [0.717, 1.165) is 0 Å². The van der Waals surface area contributed by atoms with Crippen LogP contribution in [0.15, 0.2) is 48.5 Å². The van der Waals surface area contributed by atoms with Crippen molar-refractivity contribution in [2.24, 2.45) is 0 Å². The number of ether oxygens (including phenoxy) is 4. The van der Waals surface area contributed by atoms with Crippen molar-refractivity contribution in [2.75, 3.05) is 25.1 Å². The molecule has 0 atom stereocenters. The third kappa shape index (κ3) is 7.48. The molecule has 28 heavy (non-hydrogen) atoms. The first kappa shape index (κ1) is 20.9. The van der Waals surface area contributed by atoms with E-state index in [1.807, 2.05) is 6.92 Å². The molecule has 0 aromatic heterocycles. The Morgan fingerprint density at radius 2 is 1.46 bits per heavy atom. The van der Waals surface area contributed by atoms with Crippen LogP contribution in [0.1, 0.15) is 6.92 Å². The minimum Gasteiger partial charge on any atom is -0.494 e. The average Bonchev–Trinajstić information content (AvgIpc) is 2.67. The second kappa shape index (κ2) is 10.7. The summed E-state index contributed by atoms with van der Waals surface area (Å²) in [5.74, 6) is -0.202. The highest BCUT2D eigenvalue weighted by atomic mass is 19.3. The number of benzene rings is 2. The van der Waals surface area contributed by atoms with Crippen molar-refractivity contribution in [1.29, 1.82) is 0 Å². The lowest BCUT2D eigenvalue weighted by Gasteiger charge is -2.09. The van der Waals surface area contributed by atoms with Crippen molar-refractivity contribution < 1.29 is 37.3 Å². The van der Waals surface area contributed by atoms with Crippen LogP contribution in [0.2, 0.25) is 0 Å². The molecule has 0 radical (unpaired) electrons. The summed E-state index contributed by atoms with van der Waals surface area (Å²) in [5, 5.41) is 2.46. The Morgan fingerprint density at radius 1 is 0.893 bits per heavy atom. The van der Waals surface area contributed by atoms with E-state index in [4.69, 9.17) is 14.2 Å². The van der Waals surface area contributed by atoms with Gasteiger partial charge in [-0.15, -0.1) is 0 Å². The number of hydrogen-bond donors (Lipinski definition) is 1. The zero-order valence-electron chi connectivity index (χ0n) is 15.0. The molecule has 0 saturated heterocycles. The molecule has 0 unspecified atom stereocenters. The van der Waals surface area contributed by atoms with Gasteiger partial charge < -0.3 is 24.3 Å². The number of alkyl halides is 2. The van der Waals surface area contributed by atoms with Gasteiger partial charge >= 0.3 is 12.6 Å². The summed E-state index contributed by atoms with van der Waals surface area (Å²) < 4.78 is 43.7. The van der Waals surface area contributed by atoms with Gasteiger partial charge in [-0.05, 0) is 55.5 Å². The van der Waals surface area contributed by atoms with Crippen molar-refractivity contribution in [3.05, 3.63) is 48.5 Å². The second-order valence-corrected chi connectivity index (χ2v) is 5.30. The number of carbonyl (C=O) groups excluding carboxylic acids is 2. The van der Waals surface area contributed by atoms with Crippen LogP contribution in [0.25, 0.3) is 0 Å². The van der Waals surface area contributed by atoms with Crippen molar-refractivity contribution in [3.63, 3.8) is 0 Å². The van der Waals surface area contributed by atoms with Crippen LogP contribution in [-0.2, 0) is 14.3 Å². The third-order valence-electron chi connectivity index (χ3n) is 3.22. The van der Waals surface area contributed by atoms with Gasteiger partial charge in [0.1, 0.15) is 17.2 Å². The van der Waals surface area contributed by atoms with Gasteiger partial charge in [0, 0.05) is 5.69 Å². The number of esters is 1. The lowest BCUT2D eigenvalue weighted by molar-refractivity contribution is -0.149. The van der Waals surface area contributed by atoms with E-state index in [0.29, 0.717) is 23.8 Å². The highest BCUT2D eigenvalue weighted by molar-refractivity contribution is 5.92. The fourth-order valence-electron chi connectivity index (χ4n) is 2.05. The van der Waals surface area contributed by atoms with Gasteiger partial charge in [-0.2, -0.15) is 8.78 Å². The molecule has 0 saturated carbocycles. The smallest absolute Gasteiger partial charge is 0.387 e. The molecular formula is C19H19F2NO6. The highest BCUT2D eigenvalue weighted by Gasteiger charge is 2.10. The zero-order valence-corrected chi connectivity index (χ0v) is 15.0. The normalized spacial score (nSPS) is 10.3. The van der Waals surface area contributed by atoms with Crippen LogP contribution < -0.4 is 19.5 Å². The molecule has 150 valence electrons. The fraction of sp³-hybridized carbons (Fsp3) is 0.263. The summed E-state index contributed by atoms with van der Waals surface area (Å²) in [4.78, 5) is 23.4. The zero-order chi connectivity index (χ0) is 20.4. The maximum absolute atomic E-state index is 12.1. The Hall–Kier alpha value is -3.36. The molecule has 0 aliphatic rings. The number of rotatable bonds is 10. The SMILES string of the molecule is CCOc1ccc(OCC(=O)OCC(=O)Nc2ccc(OC(F)F)cc2)cc1. The lowest BCUT2D eigenvalue weighted by atomic mass is 10.3. The van der Waals surface area contributed by atoms with Gasteiger partial charge in [-0.3, -0.25) is 4.79 Å².